The summed E-state index contributed by atoms with van der Waals surface area (Å²) in [6, 6.07) is 16.5. The molecule has 1 aliphatic heterocycles. The summed E-state index contributed by atoms with van der Waals surface area (Å²) in [5.41, 5.74) is 3.64. The van der Waals surface area contributed by atoms with E-state index >= 15 is 0 Å². The maximum Gasteiger partial charge on any atom is 0.227 e. The van der Waals surface area contributed by atoms with Crippen LogP contribution in [0.25, 0.3) is 0 Å². The number of rotatable bonds is 5. The Balaban J connectivity index is 1.52. The quantitative estimate of drug-likeness (QED) is 0.840. The Morgan fingerprint density at radius 2 is 1.52 bits per heavy atom. The van der Waals surface area contributed by atoms with Gasteiger partial charge in [0.1, 0.15) is 5.75 Å². The molecule has 0 aromatic heterocycles. The average Bonchev–Trinajstić information content (AvgIpc) is 2.69. The number of anilines is 1. The van der Waals surface area contributed by atoms with Crippen LogP contribution in [0.2, 0.25) is 0 Å². The van der Waals surface area contributed by atoms with Crippen LogP contribution in [0.15, 0.2) is 48.5 Å². The summed E-state index contributed by atoms with van der Waals surface area (Å²) in [7, 11) is 1.65. The average molecular weight is 338 g/mol. The fourth-order valence-electron chi connectivity index (χ4n) is 3.19. The van der Waals surface area contributed by atoms with E-state index in [9.17, 15) is 4.79 Å². The lowest BCUT2D eigenvalue weighted by molar-refractivity contribution is -0.130. The second kappa shape index (κ2) is 8.06. The molecule has 25 heavy (non-hydrogen) atoms. The van der Waals surface area contributed by atoms with Crippen LogP contribution in [-0.2, 0) is 17.6 Å². The van der Waals surface area contributed by atoms with Crippen LogP contribution in [-0.4, -0.2) is 44.1 Å². The van der Waals surface area contributed by atoms with Gasteiger partial charge in [-0.3, -0.25) is 4.79 Å². The van der Waals surface area contributed by atoms with Crippen molar-refractivity contribution in [2.24, 2.45) is 0 Å². The molecule has 0 saturated carbocycles. The summed E-state index contributed by atoms with van der Waals surface area (Å²) in [4.78, 5) is 16.9. The first-order chi connectivity index (χ1) is 12.2. The molecule has 1 heterocycles. The van der Waals surface area contributed by atoms with Gasteiger partial charge in [0.25, 0.3) is 0 Å². The van der Waals surface area contributed by atoms with Crippen LogP contribution < -0.4 is 9.64 Å². The summed E-state index contributed by atoms with van der Waals surface area (Å²) < 4.78 is 5.16. The number of piperazine rings is 1. The lowest BCUT2D eigenvalue weighted by Crippen LogP contribution is -2.49. The molecular formula is C21H26N2O2. The molecule has 0 N–H and O–H groups in total. The third kappa shape index (κ3) is 4.32. The molecule has 0 spiro atoms. The number of nitrogens with zero attached hydrogens (tertiary/aromatic N) is 2. The number of benzene rings is 2. The van der Waals surface area contributed by atoms with Gasteiger partial charge >= 0.3 is 0 Å². The van der Waals surface area contributed by atoms with Crippen LogP contribution in [0, 0.1) is 0 Å². The molecular weight excluding hydrogens is 312 g/mol. The molecule has 0 aliphatic carbocycles. The third-order valence-corrected chi connectivity index (χ3v) is 4.86. The van der Waals surface area contributed by atoms with Crippen LogP contribution in [0.1, 0.15) is 18.1 Å². The van der Waals surface area contributed by atoms with Gasteiger partial charge in [-0.25, -0.2) is 0 Å². The number of hydrogen-bond donors (Lipinski definition) is 0. The minimum atomic E-state index is 0.200. The molecule has 0 atom stereocenters. The van der Waals surface area contributed by atoms with Gasteiger partial charge in [0.15, 0.2) is 0 Å². The second-order valence-electron chi connectivity index (χ2n) is 6.41. The maximum atomic E-state index is 12.5. The first-order valence-electron chi connectivity index (χ1n) is 8.94. The molecule has 4 heteroatoms. The second-order valence-corrected chi connectivity index (χ2v) is 6.41. The van der Waals surface area contributed by atoms with E-state index < -0.39 is 0 Å². The monoisotopic (exact) mass is 338 g/mol. The summed E-state index contributed by atoms with van der Waals surface area (Å²) in [5.74, 6) is 1.02. The Bertz CT molecular complexity index is 687. The van der Waals surface area contributed by atoms with E-state index in [2.05, 4.69) is 36.1 Å². The molecule has 1 fully saturated rings. The maximum absolute atomic E-state index is 12.5. The predicted octanol–water partition coefficient (Wildman–Crippen LogP) is 3.15. The van der Waals surface area contributed by atoms with Crippen LogP contribution in [0.4, 0.5) is 5.69 Å². The van der Waals surface area contributed by atoms with Gasteiger partial charge in [-0.15, -0.1) is 0 Å². The van der Waals surface area contributed by atoms with Crippen molar-refractivity contribution in [2.75, 3.05) is 38.2 Å². The highest BCUT2D eigenvalue weighted by atomic mass is 16.5. The Morgan fingerprint density at radius 3 is 2.08 bits per heavy atom. The van der Waals surface area contributed by atoms with E-state index in [4.69, 9.17) is 4.74 Å². The van der Waals surface area contributed by atoms with Crippen molar-refractivity contribution in [3.63, 3.8) is 0 Å². The minimum absolute atomic E-state index is 0.200. The SMILES string of the molecule is CCc1ccc(N2CCN(C(=O)Cc3ccc(OC)cc3)CC2)cc1. The first-order valence-corrected chi connectivity index (χ1v) is 8.94. The van der Waals surface area contributed by atoms with Crippen LogP contribution >= 0.6 is 0 Å². The number of carbonyl (C=O) groups is 1. The molecule has 0 radical (unpaired) electrons. The molecule has 3 rings (SSSR count). The van der Waals surface area contributed by atoms with Crippen molar-refractivity contribution in [2.45, 2.75) is 19.8 Å². The zero-order valence-electron chi connectivity index (χ0n) is 15.1. The number of hydrogen-bond acceptors (Lipinski definition) is 3. The highest BCUT2D eigenvalue weighted by Crippen LogP contribution is 2.18. The van der Waals surface area contributed by atoms with Crippen molar-refractivity contribution in [1.29, 1.82) is 0 Å². The molecule has 1 amide bonds. The summed E-state index contributed by atoms with van der Waals surface area (Å²) >= 11 is 0. The molecule has 132 valence electrons. The Kier molecular flexibility index (Phi) is 5.59. The lowest BCUT2D eigenvalue weighted by Gasteiger charge is -2.36. The summed E-state index contributed by atoms with van der Waals surface area (Å²) in [6.07, 6.45) is 1.52. The predicted molar refractivity (Wildman–Crippen MR) is 101 cm³/mol. The number of aryl methyl sites for hydroxylation is 1. The van der Waals surface area contributed by atoms with Gasteiger partial charge in [-0.05, 0) is 41.8 Å². The normalized spacial score (nSPS) is 14.5. The van der Waals surface area contributed by atoms with E-state index in [1.807, 2.05) is 29.2 Å². The number of ether oxygens (including phenoxy) is 1. The molecule has 2 aromatic carbocycles. The van der Waals surface area contributed by atoms with Crippen molar-refractivity contribution in [3.05, 3.63) is 59.7 Å². The van der Waals surface area contributed by atoms with Gasteiger partial charge in [0.05, 0.1) is 13.5 Å². The van der Waals surface area contributed by atoms with Crippen molar-refractivity contribution in [3.8, 4) is 5.75 Å². The zero-order chi connectivity index (χ0) is 17.6. The summed E-state index contributed by atoms with van der Waals surface area (Å²) in [5, 5.41) is 0. The fraction of sp³-hybridized carbons (Fsp3) is 0.381. The van der Waals surface area contributed by atoms with Crippen molar-refractivity contribution < 1.29 is 9.53 Å². The molecule has 0 unspecified atom stereocenters. The largest absolute Gasteiger partial charge is 0.497 e. The van der Waals surface area contributed by atoms with Crippen LogP contribution in [0.5, 0.6) is 5.75 Å². The fourth-order valence-corrected chi connectivity index (χ4v) is 3.19. The number of methoxy groups -OCH3 is 1. The molecule has 4 nitrogen and oxygen atoms in total. The van der Waals surface area contributed by atoms with Crippen molar-refractivity contribution in [1.82, 2.24) is 4.90 Å². The third-order valence-electron chi connectivity index (χ3n) is 4.86. The Morgan fingerprint density at radius 1 is 0.920 bits per heavy atom. The zero-order valence-corrected chi connectivity index (χ0v) is 15.1. The number of carbonyl (C=O) groups excluding carboxylic acids is 1. The number of amides is 1. The van der Waals surface area contributed by atoms with Gasteiger partial charge in [0, 0.05) is 31.9 Å². The van der Waals surface area contributed by atoms with Gasteiger partial charge < -0.3 is 14.5 Å². The van der Waals surface area contributed by atoms with E-state index in [0.29, 0.717) is 6.42 Å². The van der Waals surface area contributed by atoms with Crippen LogP contribution in [0.3, 0.4) is 0 Å². The first kappa shape index (κ1) is 17.3. The van der Waals surface area contributed by atoms with E-state index in [0.717, 1.165) is 43.9 Å². The summed E-state index contributed by atoms with van der Waals surface area (Å²) in [6.45, 7) is 5.51. The molecule has 1 aliphatic rings. The van der Waals surface area contributed by atoms with Gasteiger partial charge in [-0.1, -0.05) is 31.2 Å². The highest BCUT2D eigenvalue weighted by molar-refractivity contribution is 5.79. The van der Waals surface area contributed by atoms with E-state index in [-0.39, 0.29) is 5.91 Å². The smallest absolute Gasteiger partial charge is 0.227 e. The molecule has 0 bridgehead atoms. The Hall–Kier alpha value is -2.49. The van der Waals surface area contributed by atoms with E-state index in [1.165, 1.54) is 11.3 Å². The van der Waals surface area contributed by atoms with Gasteiger partial charge in [0.2, 0.25) is 5.91 Å². The lowest BCUT2D eigenvalue weighted by atomic mass is 10.1. The highest BCUT2D eigenvalue weighted by Gasteiger charge is 2.21. The van der Waals surface area contributed by atoms with Crippen molar-refractivity contribution >= 4 is 11.6 Å². The topological polar surface area (TPSA) is 32.8 Å². The Labute approximate surface area is 150 Å². The van der Waals surface area contributed by atoms with E-state index in [1.54, 1.807) is 7.11 Å². The molecule has 2 aromatic rings. The standard InChI is InChI=1S/C21H26N2O2/c1-3-17-4-8-19(9-5-17)22-12-14-23(15-13-22)21(24)16-18-6-10-20(25-2)11-7-18/h4-11H,3,12-16H2,1-2H3. The minimum Gasteiger partial charge on any atom is -0.497 e. The van der Waals surface area contributed by atoms with Gasteiger partial charge in [-0.2, -0.15) is 0 Å². The molecule has 1 saturated heterocycles.